The molecule has 4 atom stereocenters. The summed E-state index contributed by atoms with van der Waals surface area (Å²) in [5, 5.41) is 0. The highest BCUT2D eigenvalue weighted by Crippen LogP contribution is 2.53. The molecule has 16 heteroatoms. The molecule has 450 valence electrons. The Labute approximate surface area is 550 Å². The smallest absolute Gasteiger partial charge is 0.0993 e. The second kappa shape index (κ2) is 29.1. The number of rotatable bonds is 25. The third kappa shape index (κ3) is 14.2. The lowest BCUT2D eigenvalue weighted by molar-refractivity contribution is -0.910. The van der Waals surface area contributed by atoms with E-state index in [0.29, 0.717) is 0 Å². The molecule has 0 saturated carbocycles. The first-order chi connectivity index (χ1) is 41.0. The highest BCUT2D eigenvalue weighted by atomic mass is 79.9. The Morgan fingerprint density at radius 1 is 0.302 bits per heavy atom. The van der Waals surface area contributed by atoms with E-state index < -0.39 is 0 Å². The van der Waals surface area contributed by atoms with Crippen molar-refractivity contribution in [3.05, 3.63) is 171 Å². The van der Waals surface area contributed by atoms with Crippen LogP contribution >= 0.6 is 47.0 Å². The van der Waals surface area contributed by atoms with Crippen LogP contribution in [0.2, 0.25) is 0 Å². The lowest BCUT2D eigenvalue weighted by Crippen LogP contribution is -3.00. The van der Waals surface area contributed by atoms with Crippen molar-refractivity contribution in [1.82, 2.24) is 19.9 Å². The Morgan fingerprint density at radius 3 is 0.756 bits per heavy atom. The second-order valence-electron chi connectivity index (χ2n) is 24.5. The van der Waals surface area contributed by atoms with Crippen molar-refractivity contribution in [2.45, 2.75) is 155 Å². The van der Waals surface area contributed by atoms with Crippen molar-refractivity contribution in [3.8, 4) is 0 Å². The number of quaternary nitrogens is 2. The van der Waals surface area contributed by atoms with E-state index in [4.69, 9.17) is 0 Å². The number of pyridine rings is 4. The fraction of sp³-hybridized carbons (Fsp3) is 0.371. The molecule has 0 fully saturated rings. The van der Waals surface area contributed by atoms with Gasteiger partial charge in [-0.25, -0.2) is 0 Å². The number of hydrogen-bond acceptors (Lipinski definition) is 12. The number of anilines is 8. The summed E-state index contributed by atoms with van der Waals surface area (Å²) in [6.07, 6.45) is 28.9. The van der Waals surface area contributed by atoms with Gasteiger partial charge in [-0.05, 0) is 126 Å². The monoisotopic (exact) mass is 1350 g/mol. The van der Waals surface area contributed by atoms with Gasteiger partial charge in [-0.1, -0.05) is 134 Å². The lowest BCUT2D eigenvalue weighted by Gasteiger charge is -2.45. The molecule has 86 heavy (non-hydrogen) atoms. The zero-order valence-electron chi connectivity index (χ0n) is 50.6. The minimum absolute atomic E-state index is 0. The fourth-order valence-corrected chi connectivity index (χ4v) is 18.4. The highest BCUT2D eigenvalue weighted by molar-refractivity contribution is 8.00. The molecule has 4 aliphatic heterocycles. The van der Waals surface area contributed by atoms with Gasteiger partial charge in [-0.3, -0.25) is 19.9 Å². The number of para-hydroxylation sites is 4. The Kier molecular flexibility index (Phi) is 21.6. The summed E-state index contributed by atoms with van der Waals surface area (Å²) < 4.78 is 1.96. The van der Waals surface area contributed by atoms with Gasteiger partial charge in [-0.2, -0.15) is 0 Å². The standard InChI is InChI=1S/C70H82N10S4.2BrH/c1-51(75-55-25-15-19-29-63(55)81-67-33-37-71-43-59(67)75)47-79(5,48-52(2)76-56-26-16-20-30-64(56)82-68-34-38-72-44-60(68)76)41-23-13-11-9-7-8-10-12-14-24-42-80(6,49-53(3)77-57-27-17-21-31-65(57)83-69-35-39-73-45-61(69)77)50-54(4)78-58-28-18-22-32-66(58)84-70-36-40-74-46-62(70)78;;/h15-22,25-40,43-46,51-54H,7-14,23-24,41-42,47-50H2,1-6H3;2*1H/q+2;;/p-2. The van der Waals surface area contributed by atoms with Gasteiger partial charge >= 0.3 is 0 Å². The van der Waals surface area contributed by atoms with E-state index in [0.717, 1.165) is 48.2 Å². The van der Waals surface area contributed by atoms with Crippen molar-refractivity contribution >= 4 is 92.5 Å². The molecule has 4 aromatic heterocycles. The van der Waals surface area contributed by atoms with E-state index in [2.05, 4.69) is 227 Å². The molecule has 0 saturated heterocycles. The fourth-order valence-electron chi connectivity index (χ4n) is 14.2. The summed E-state index contributed by atoms with van der Waals surface area (Å²) in [4.78, 5) is 39.3. The molecule has 0 bridgehead atoms. The number of aromatic nitrogens is 4. The van der Waals surface area contributed by atoms with Crippen LogP contribution in [0.15, 0.2) is 210 Å². The van der Waals surface area contributed by atoms with Gasteiger partial charge in [-0.15, -0.1) is 0 Å². The molecule has 0 amide bonds. The normalized spacial score (nSPS) is 16.3. The molecular weight excluding hydrogens is 1270 g/mol. The van der Waals surface area contributed by atoms with Gasteiger partial charge in [0.05, 0.1) is 148 Å². The Balaban J connectivity index is 0.00000410. The topological polar surface area (TPSA) is 64.5 Å². The number of halogens is 2. The van der Waals surface area contributed by atoms with Crippen molar-refractivity contribution in [1.29, 1.82) is 0 Å². The quantitative estimate of drug-likeness (QED) is 0.0404. The van der Waals surface area contributed by atoms with Crippen molar-refractivity contribution in [2.75, 3.05) is 73.0 Å². The van der Waals surface area contributed by atoms with Gasteiger partial charge in [0.2, 0.25) is 0 Å². The van der Waals surface area contributed by atoms with E-state index in [1.807, 2.05) is 71.8 Å². The maximum absolute atomic E-state index is 4.65. The number of unbranched alkanes of at least 4 members (excludes halogenated alkanes) is 9. The minimum Gasteiger partial charge on any atom is -1.00 e. The van der Waals surface area contributed by atoms with E-state index in [9.17, 15) is 0 Å². The largest absolute Gasteiger partial charge is 1.00 e. The minimum atomic E-state index is 0. The molecule has 4 aliphatic rings. The van der Waals surface area contributed by atoms with Crippen LogP contribution < -0.4 is 53.6 Å². The van der Waals surface area contributed by atoms with Crippen LogP contribution in [0, 0.1) is 0 Å². The molecule has 4 aromatic carbocycles. The Bertz CT molecular complexity index is 2930. The second-order valence-corrected chi connectivity index (χ2v) is 28.8. The summed E-state index contributed by atoms with van der Waals surface area (Å²) in [5.41, 5.74) is 10.0. The maximum atomic E-state index is 4.65. The summed E-state index contributed by atoms with van der Waals surface area (Å²) in [7, 11) is 5.07. The first-order valence-corrected chi connectivity index (χ1v) is 34.0. The predicted octanol–water partition coefficient (Wildman–Crippen LogP) is 12.1. The molecular formula is C70H82Br2N10S4. The molecule has 0 spiro atoms. The van der Waals surface area contributed by atoms with Gasteiger partial charge in [0.1, 0.15) is 0 Å². The zero-order chi connectivity index (χ0) is 57.6. The van der Waals surface area contributed by atoms with Crippen LogP contribution in [0.3, 0.4) is 0 Å². The van der Waals surface area contributed by atoms with Crippen LogP contribution in [0.1, 0.15) is 91.9 Å². The number of hydrogen-bond donors (Lipinski definition) is 0. The van der Waals surface area contributed by atoms with Gasteiger partial charge in [0, 0.05) is 64.0 Å². The Morgan fingerprint density at radius 2 is 0.512 bits per heavy atom. The van der Waals surface area contributed by atoms with Gasteiger partial charge < -0.3 is 62.5 Å². The van der Waals surface area contributed by atoms with Crippen LogP contribution in [-0.2, 0) is 0 Å². The summed E-state index contributed by atoms with van der Waals surface area (Å²) in [6, 6.07) is 45.5. The summed E-state index contributed by atoms with van der Waals surface area (Å²) in [6.45, 7) is 16.1. The van der Waals surface area contributed by atoms with E-state index >= 15 is 0 Å². The molecule has 4 unspecified atom stereocenters. The van der Waals surface area contributed by atoms with Crippen LogP contribution in [0.5, 0.6) is 0 Å². The van der Waals surface area contributed by atoms with Gasteiger partial charge in [0.25, 0.3) is 0 Å². The van der Waals surface area contributed by atoms with Crippen molar-refractivity contribution < 1.29 is 42.9 Å². The highest BCUT2D eigenvalue weighted by Gasteiger charge is 2.39. The molecule has 8 heterocycles. The number of fused-ring (bicyclic) bond motifs is 8. The van der Waals surface area contributed by atoms with Gasteiger partial charge in [0.15, 0.2) is 0 Å². The van der Waals surface area contributed by atoms with E-state index in [1.54, 1.807) is 0 Å². The third-order valence-corrected chi connectivity index (χ3v) is 22.2. The average Bonchev–Trinajstić information content (AvgIpc) is 2.56. The first kappa shape index (κ1) is 64.0. The van der Waals surface area contributed by atoms with Crippen LogP contribution in [0.25, 0.3) is 0 Å². The molecule has 12 rings (SSSR count). The number of benzene rings is 4. The SMILES string of the molecule is CC(C[N+](C)(CCCCCCCCCCCC[N+](C)(CC(C)N1c2ccccc2Sc2ccncc21)CC(C)N1c2ccccc2Sc2ccncc21)CC(C)N1c2ccccc2Sc2ccncc21)N1c2ccccc2Sc2ccncc21.[Br-].[Br-]. The molecule has 10 nitrogen and oxygen atoms in total. The summed E-state index contributed by atoms with van der Waals surface area (Å²) in [5.74, 6) is 0. The lowest BCUT2D eigenvalue weighted by atomic mass is 10.0. The molecule has 0 aliphatic carbocycles. The summed E-state index contributed by atoms with van der Waals surface area (Å²) >= 11 is 7.46. The van der Waals surface area contributed by atoms with Crippen molar-refractivity contribution in [2.24, 2.45) is 0 Å². The average molecular weight is 1350 g/mol. The first-order valence-electron chi connectivity index (χ1n) is 30.7. The molecule has 0 N–H and O–H groups in total. The maximum Gasteiger partial charge on any atom is 0.0993 e. The third-order valence-electron chi connectivity index (χ3n) is 17.7. The van der Waals surface area contributed by atoms with Crippen molar-refractivity contribution in [3.63, 3.8) is 0 Å². The number of nitrogens with zero attached hydrogens (tertiary/aromatic N) is 10. The molecule has 8 aromatic rings. The van der Waals surface area contributed by atoms with Crippen LogP contribution in [0.4, 0.5) is 45.5 Å². The van der Waals surface area contributed by atoms with E-state index in [-0.39, 0.29) is 58.1 Å². The van der Waals surface area contributed by atoms with E-state index in [1.165, 1.54) is 149 Å². The Hall–Kier alpha value is -5.04. The zero-order valence-corrected chi connectivity index (χ0v) is 57.1. The number of likely N-dealkylation sites (N-methyl/N-ethyl adjacent to an activating group) is 2. The molecule has 0 radical (unpaired) electrons. The predicted molar refractivity (Wildman–Crippen MR) is 353 cm³/mol. The van der Waals surface area contributed by atoms with Crippen LogP contribution in [-0.4, -0.2) is 106 Å².